The number of hydrogen-bond donors (Lipinski definition) is 1. The van der Waals surface area contributed by atoms with E-state index >= 15 is 0 Å². The molecule has 0 aromatic heterocycles. The second-order valence-corrected chi connectivity index (χ2v) is 5.54. The largest absolute Gasteiger partial charge is 0.315 e. The molecule has 1 fully saturated rings. The molecule has 1 heterocycles. The van der Waals surface area contributed by atoms with Crippen LogP contribution in [0, 0.1) is 0 Å². The van der Waals surface area contributed by atoms with Crippen molar-refractivity contribution < 1.29 is 0 Å². The maximum atomic E-state index is 3.53. The van der Waals surface area contributed by atoms with Crippen molar-refractivity contribution in [3.8, 4) is 0 Å². The van der Waals surface area contributed by atoms with Crippen LogP contribution in [0.25, 0.3) is 0 Å². The van der Waals surface area contributed by atoms with Gasteiger partial charge in [-0.3, -0.25) is 4.90 Å². The van der Waals surface area contributed by atoms with Crippen LogP contribution in [-0.4, -0.2) is 87.7 Å². The van der Waals surface area contributed by atoms with Gasteiger partial charge in [-0.25, -0.2) is 0 Å². The first-order chi connectivity index (χ1) is 8.09. The summed E-state index contributed by atoms with van der Waals surface area (Å²) < 4.78 is 0. The summed E-state index contributed by atoms with van der Waals surface area (Å²) in [4.78, 5) is 7.26. The Kier molecular flexibility index (Phi) is 7.04. The first-order valence-corrected chi connectivity index (χ1v) is 6.87. The van der Waals surface area contributed by atoms with Gasteiger partial charge in [-0.15, -0.1) is 0 Å². The highest BCUT2D eigenvalue weighted by molar-refractivity contribution is 4.76. The van der Waals surface area contributed by atoms with Crippen molar-refractivity contribution in [2.24, 2.45) is 0 Å². The van der Waals surface area contributed by atoms with Crippen molar-refractivity contribution in [2.75, 3.05) is 67.0 Å². The van der Waals surface area contributed by atoms with Crippen molar-refractivity contribution >= 4 is 0 Å². The van der Waals surface area contributed by atoms with Crippen molar-refractivity contribution in [3.05, 3.63) is 0 Å². The molecule has 0 bridgehead atoms. The zero-order valence-electron chi connectivity index (χ0n) is 12.1. The summed E-state index contributed by atoms with van der Waals surface area (Å²) in [5, 5.41) is 3.53. The molecule has 0 aromatic carbocycles. The Morgan fingerprint density at radius 3 is 2.65 bits per heavy atom. The Morgan fingerprint density at radius 1 is 1.24 bits per heavy atom. The second kappa shape index (κ2) is 8.03. The average molecular weight is 242 g/mol. The van der Waals surface area contributed by atoms with E-state index in [2.05, 4.69) is 48.1 Å². The van der Waals surface area contributed by atoms with Gasteiger partial charge in [-0.2, -0.15) is 0 Å². The molecule has 17 heavy (non-hydrogen) atoms. The Bertz CT molecular complexity index is 196. The Balaban J connectivity index is 1.96. The molecule has 4 heteroatoms. The number of nitrogens with one attached hydrogen (secondary N) is 1. The molecule has 0 spiro atoms. The van der Waals surface area contributed by atoms with Gasteiger partial charge in [-0.1, -0.05) is 0 Å². The maximum absolute atomic E-state index is 3.53. The third-order valence-electron chi connectivity index (χ3n) is 3.61. The highest BCUT2D eigenvalue weighted by atomic mass is 15.3. The molecule has 0 radical (unpaired) electrons. The first-order valence-electron chi connectivity index (χ1n) is 6.87. The number of piperazine rings is 1. The van der Waals surface area contributed by atoms with Crippen LogP contribution in [0.1, 0.15) is 13.3 Å². The molecular weight excluding hydrogens is 212 g/mol. The second-order valence-electron chi connectivity index (χ2n) is 5.54. The van der Waals surface area contributed by atoms with Gasteiger partial charge in [0.1, 0.15) is 0 Å². The summed E-state index contributed by atoms with van der Waals surface area (Å²) in [6.45, 7) is 10.6. The lowest BCUT2D eigenvalue weighted by atomic mass is 10.2. The zero-order valence-corrected chi connectivity index (χ0v) is 12.1. The summed E-state index contributed by atoms with van der Waals surface area (Å²) in [5.41, 5.74) is 0. The average Bonchev–Trinajstić information content (AvgIpc) is 2.27. The van der Waals surface area contributed by atoms with Gasteiger partial charge >= 0.3 is 0 Å². The van der Waals surface area contributed by atoms with Crippen LogP contribution in [0.15, 0.2) is 0 Å². The van der Waals surface area contributed by atoms with Gasteiger partial charge < -0.3 is 15.1 Å². The van der Waals surface area contributed by atoms with Crippen molar-refractivity contribution in [2.45, 2.75) is 19.4 Å². The van der Waals surface area contributed by atoms with Gasteiger partial charge in [0.05, 0.1) is 0 Å². The normalized spacial score (nSPS) is 23.5. The van der Waals surface area contributed by atoms with Gasteiger partial charge in [0.2, 0.25) is 0 Å². The highest BCUT2D eigenvalue weighted by Crippen LogP contribution is 2.05. The Labute approximate surface area is 107 Å². The summed E-state index contributed by atoms with van der Waals surface area (Å²) in [6, 6.07) is 0.706. The molecule has 1 saturated heterocycles. The summed E-state index contributed by atoms with van der Waals surface area (Å²) in [7, 11) is 6.48. The molecule has 102 valence electrons. The predicted octanol–water partition coefficient (Wildman–Crippen LogP) is 0.164. The SMILES string of the molecule is CC1CN(CCNCCCN(C)C)CCN1C. The molecule has 0 saturated carbocycles. The molecule has 0 aliphatic carbocycles. The fourth-order valence-corrected chi connectivity index (χ4v) is 2.21. The molecule has 1 aliphatic heterocycles. The minimum absolute atomic E-state index is 0.706. The molecule has 1 rings (SSSR count). The van der Waals surface area contributed by atoms with Crippen molar-refractivity contribution in [1.29, 1.82) is 0 Å². The van der Waals surface area contributed by atoms with Crippen LogP contribution in [0.4, 0.5) is 0 Å². The van der Waals surface area contributed by atoms with Crippen LogP contribution in [0.3, 0.4) is 0 Å². The lowest BCUT2D eigenvalue weighted by Gasteiger charge is -2.37. The fraction of sp³-hybridized carbons (Fsp3) is 1.00. The standard InChI is InChI=1S/C13H30N4/c1-13-12-17(11-10-16(13)4)9-7-14-6-5-8-15(2)3/h13-14H,5-12H2,1-4H3. The van der Waals surface area contributed by atoms with Gasteiger partial charge in [0, 0.05) is 38.8 Å². The Morgan fingerprint density at radius 2 is 2.00 bits per heavy atom. The summed E-state index contributed by atoms with van der Waals surface area (Å²) >= 11 is 0. The Hall–Kier alpha value is -0.160. The van der Waals surface area contributed by atoms with Gasteiger partial charge in [0.15, 0.2) is 0 Å². The quantitative estimate of drug-likeness (QED) is 0.642. The molecule has 1 N–H and O–H groups in total. The van der Waals surface area contributed by atoms with Crippen LogP contribution in [0.5, 0.6) is 0 Å². The number of rotatable bonds is 7. The van der Waals surface area contributed by atoms with Gasteiger partial charge in [-0.05, 0) is 47.6 Å². The smallest absolute Gasteiger partial charge is 0.0192 e. The molecule has 1 atom stereocenters. The lowest BCUT2D eigenvalue weighted by molar-refractivity contribution is 0.106. The summed E-state index contributed by atoms with van der Waals surface area (Å²) in [6.07, 6.45) is 1.24. The molecule has 0 aromatic rings. The van der Waals surface area contributed by atoms with E-state index in [1.165, 1.54) is 39.1 Å². The van der Waals surface area contributed by atoms with E-state index in [-0.39, 0.29) is 0 Å². The maximum Gasteiger partial charge on any atom is 0.0192 e. The molecule has 4 nitrogen and oxygen atoms in total. The topological polar surface area (TPSA) is 21.8 Å². The molecule has 1 aliphatic rings. The minimum Gasteiger partial charge on any atom is -0.315 e. The van der Waals surface area contributed by atoms with Crippen molar-refractivity contribution in [3.63, 3.8) is 0 Å². The van der Waals surface area contributed by atoms with Gasteiger partial charge in [0.25, 0.3) is 0 Å². The predicted molar refractivity (Wildman–Crippen MR) is 74.6 cm³/mol. The van der Waals surface area contributed by atoms with E-state index in [1.807, 2.05) is 0 Å². The van der Waals surface area contributed by atoms with E-state index in [1.54, 1.807) is 0 Å². The summed E-state index contributed by atoms with van der Waals surface area (Å²) in [5.74, 6) is 0. The van der Waals surface area contributed by atoms with E-state index in [0.717, 1.165) is 13.1 Å². The lowest BCUT2D eigenvalue weighted by Crippen LogP contribution is -2.51. The zero-order chi connectivity index (χ0) is 12.7. The minimum atomic E-state index is 0.706. The number of nitrogens with zero attached hydrogens (tertiary/aromatic N) is 3. The van der Waals surface area contributed by atoms with E-state index in [4.69, 9.17) is 0 Å². The highest BCUT2D eigenvalue weighted by Gasteiger charge is 2.19. The van der Waals surface area contributed by atoms with Crippen molar-refractivity contribution in [1.82, 2.24) is 20.0 Å². The van der Waals surface area contributed by atoms with E-state index in [0.29, 0.717) is 6.04 Å². The molecule has 0 amide bonds. The third kappa shape index (κ3) is 6.36. The third-order valence-corrected chi connectivity index (χ3v) is 3.61. The van der Waals surface area contributed by atoms with Crippen LogP contribution >= 0.6 is 0 Å². The number of likely N-dealkylation sites (N-methyl/N-ethyl adjacent to an activating group) is 1. The van der Waals surface area contributed by atoms with E-state index < -0.39 is 0 Å². The van der Waals surface area contributed by atoms with E-state index in [9.17, 15) is 0 Å². The van der Waals surface area contributed by atoms with Crippen LogP contribution in [0.2, 0.25) is 0 Å². The molecular formula is C13H30N4. The monoisotopic (exact) mass is 242 g/mol. The fourth-order valence-electron chi connectivity index (χ4n) is 2.21. The van der Waals surface area contributed by atoms with Crippen LogP contribution in [-0.2, 0) is 0 Å². The molecule has 1 unspecified atom stereocenters. The first kappa shape index (κ1) is 14.9. The van der Waals surface area contributed by atoms with Crippen LogP contribution < -0.4 is 5.32 Å². The number of hydrogen-bond acceptors (Lipinski definition) is 4.